The summed E-state index contributed by atoms with van der Waals surface area (Å²) in [6, 6.07) is 13.7. The fourth-order valence-electron chi connectivity index (χ4n) is 4.13. The van der Waals surface area contributed by atoms with Gasteiger partial charge in [0.25, 0.3) is 0 Å². The third-order valence-corrected chi connectivity index (χ3v) is 5.02. The molecule has 0 atom stereocenters. The molecule has 0 bridgehead atoms. The predicted octanol–water partition coefficient (Wildman–Crippen LogP) is 7.70. The van der Waals surface area contributed by atoms with Gasteiger partial charge >= 0.3 is 0 Å². The second kappa shape index (κ2) is 7.35. The maximum Gasteiger partial charge on any atom is 0.0780 e. The van der Waals surface area contributed by atoms with Crippen LogP contribution in [0.25, 0.3) is 22.0 Å². The summed E-state index contributed by atoms with van der Waals surface area (Å²) >= 11 is 0. The van der Waals surface area contributed by atoms with Crippen molar-refractivity contribution < 1.29 is 0 Å². The van der Waals surface area contributed by atoms with Crippen LogP contribution in [-0.4, -0.2) is 4.98 Å². The number of aryl methyl sites for hydroxylation is 2. The standard InChI is InChI=1S/C27H35N/c1-18-11-19(2)13-21(12-18)25-24-15-23(17-27(6,7)8)22(16-26(3,4)5)14-20(24)9-10-28-25/h9-15H,16-17H2,1-8H3. The van der Waals surface area contributed by atoms with Crippen LogP contribution in [0.4, 0.5) is 0 Å². The van der Waals surface area contributed by atoms with Crippen molar-refractivity contribution in [1.29, 1.82) is 0 Å². The molecule has 1 aromatic heterocycles. The molecule has 2 aromatic carbocycles. The Morgan fingerprint density at radius 3 is 1.79 bits per heavy atom. The van der Waals surface area contributed by atoms with Crippen molar-refractivity contribution in [2.75, 3.05) is 0 Å². The second-order valence-electron chi connectivity index (χ2n) is 10.9. The van der Waals surface area contributed by atoms with Crippen LogP contribution >= 0.6 is 0 Å². The van der Waals surface area contributed by atoms with Crippen LogP contribution in [-0.2, 0) is 12.8 Å². The molecule has 3 aromatic rings. The van der Waals surface area contributed by atoms with Gasteiger partial charge in [0.1, 0.15) is 0 Å². The average Bonchev–Trinajstić information content (AvgIpc) is 2.51. The van der Waals surface area contributed by atoms with E-state index >= 15 is 0 Å². The molecule has 1 heteroatoms. The predicted molar refractivity (Wildman–Crippen MR) is 123 cm³/mol. The van der Waals surface area contributed by atoms with Crippen molar-refractivity contribution >= 4 is 10.8 Å². The zero-order valence-electron chi connectivity index (χ0n) is 18.9. The van der Waals surface area contributed by atoms with Gasteiger partial charge in [-0.2, -0.15) is 0 Å². The van der Waals surface area contributed by atoms with E-state index in [1.807, 2.05) is 6.20 Å². The lowest BCUT2D eigenvalue weighted by Gasteiger charge is -2.25. The van der Waals surface area contributed by atoms with E-state index in [-0.39, 0.29) is 10.8 Å². The number of pyridine rings is 1. The molecule has 148 valence electrons. The van der Waals surface area contributed by atoms with Gasteiger partial charge in [0, 0.05) is 17.1 Å². The minimum Gasteiger partial charge on any atom is -0.256 e. The summed E-state index contributed by atoms with van der Waals surface area (Å²) in [5, 5.41) is 2.56. The monoisotopic (exact) mass is 373 g/mol. The molecule has 3 rings (SSSR count). The lowest BCUT2D eigenvalue weighted by Crippen LogP contribution is -2.15. The highest BCUT2D eigenvalue weighted by Gasteiger charge is 2.20. The van der Waals surface area contributed by atoms with Gasteiger partial charge in [-0.3, -0.25) is 4.98 Å². The van der Waals surface area contributed by atoms with Crippen LogP contribution in [0, 0.1) is 24.7 Å². The summed E-state index contributed by atoms with van der Waals surface area (Å²) < 4.78 is 0. The summed E-state index contributed by atoms with van der Waals surface area (Å²) in [4.78, 5) is 4.80. The van der Waals surface area contributed by atoms with Crippen LogP contribution in [0.3, 0.4) is 0 Å². The normalized spacial score (nSPS) is 12.6. The Kier molecular flexibility index (Phi) is 5.40. The van der Waals surface area contributed by atoms with Gasteiger partial charge in [0.15, 0.2) is 0 Å². The van der Waals surface area contributed by atoms with Gasteiger partial charge in [0.05, 0.1) is 5.69 Å². The highest BCUT2D eigenvalue weighted by molar-refractivity contribution is 5.95. The number of fused-ring (bicyclic) bond motifs is 1. The van der Waals surface area contributed by atoms with E-state index in [1.54, 1.807) is 0 Å². The molecule has 0 spiro atoms. The molecule has 0 aliphatic heterocycles. The van der Waals surface area contributed by atoms with E-state index in [4.69, 9.17) is 4.98 Å². The number of hydrogen-bond acceptors (Lipinski definition) is 1. The molecule has 1 heterocycles. The van der Waals surface area contributed by atoms with Gasteiger partial charge < -0.3 is 0 Å². The fourth-order valence-corrected chi connectivity index (χ4v) is 4.13. The lowest BCUT2D eigenvalue weighted by atomic mass is 9.80. The first-order valence-electron chi connectivity index (χ1n) is 10.4. The van der Waals surface area contributed by atoms with E-state index in [2.05, 4.69) is 91.8 Å². The van der Waals surface area contributed by atoms with Gasteiger partial charge in [-0.1, -0.05) is 64.8 Å². The van der Waals surface area contributed by atoms with Gasteiger partial charge in [-0.05, 0) is 78.3 Å². The molecule has 0 N–H and O–H groups in total. The van der Waals surface area contributed by atoms with E-state index in [0.29, 0.717) is 0 Å². The molecular weight excluding hydrogens is 338 g/mol. The van der Waals surface area contributed by atoms with Crippen LogP contribution in [0.1, 0.15) is 63.8 Å². The van der Waals surface area contributed by atoms with Crippen molar-refractivity contribution in [3.8, 4) is 11.3 Å². The Morgan fingerprint density at radius 1 is 0.714 bits per heavy atom. The zero-order valence-corrected chi connectivity index (χ0v) is 18.9. The fraction of sp³-hybridized carbons (Fsp3) is 0.444. The molecule has 28 heavy (non-hydrogen) atoms. The summed E-state index contributed by atoms with van der Waals surface area (Å²) in [5.74, 6) is 0. The van der Waals surface area contributed by atoms with Crippen molar-refractivity contribution in [2.45, 2.75) is 68.2 Å². The van der Waals surface area contributed by atoms with E-state index < -0.39 is 0 Å². The Morgan fingerprint density at radius 2 is 1.25 bits per heavy atom. The maximum atomic E-state index is 4.80. The van der Waals surface area contributed by atoms with E-state index in [1.165, 1.54) is 38.6 Å². The highest BCUT2D eigenvalue weighted by Crippen LogP contribution is 2.34. The number of nitrogens with zero attached hydrogens (tertiary/aromatic N) is 1. The number of hydrogen-bond donors (Lipinski definition) is 0. The molecule has 0 aliphatic carbocycles. The lowest BCUT2D eigenvalue weighted by molar-refractivity contribution is 0.392. The molecule has 0 unspecified atom stereocenters. The Bertz CT molecular complexity index is 977. The van der Waals surface area contributed by atoms with E-state index in [0.717, 1.165) is 18.5 Å². The Labute approximate surface area is 171 Å². The van der Waals surface area contributed by atoms with Crippen molar-refractivity contribution in [1.82, 2.24) is 4.98 Å². The SMILES string of the molecule is Cc1cc(C)cc(-c2nccc3cc(CC(C)(C)C)c(CC(C)(C)C)cc23)c1. The van der Waals surface area contributed by atoms with Crippen LogP contribution in [0.5, 0.6) is 0 Å². The summed E-state index contributed by atoms with van der Waals surface area (Å²) in [6.07, 6.45) is 4.13. The number of aromatic nitrogens is 1. The Hall–Kier alpha value is -2.15. The van der Waals surface area contributed by atoms with Crippen molar-refractivity contribution in [3.63, 3.8) is 0 Å². The first kappa shape index (κ1) is 20.6. The quantitative estimate of drug-likeness (QED) is 0.458. The summed E-state index contributed by atoms with van der Waals surface area (Å²) in [7, 11) is 0. The van der Waals surface area contributed by atoms with Gasteiger partial charge in [0.2, 0.25) is 0 Å². The maximum absolute atomic E-state index is 4.80. The van der Waals surface area contributed by atoms with Crippen molar-refractivity contribution in [3.05, 3.63) is 64.8 Å². The largest absolute Gasteiger partial charge is 0.256 e. The molecular formula is C27H35N. The summed E-state index contributed by atoms with van der Waals surface area (Å²) in [5.41, 5.74) is 8.35. The number of rotatable bonds is 3. The topological polar surface area (TPSA) is 12.9 Å². The van der Waals surface area contributed by atoms with Crippen LogP contribution in [0.2, 0.25) is 0 Å². The molecule has 0 saturated heterocycles. The van der Waals surface area contributed by atoms with Crippen LogP contribution < -0.4 is 0 Å². The first-order chi connectivity index (χ1) is 12.9. The molecule has 0 fully saturated rings. The first-order valence-corrected chi connectivity index (χ1v) is 10.4. The third-order valence-electron chi connectivity index (χ3n) is 5.02. The van der Waals surface area contributed by atoms with E-state index in [9.17, 15) is 0 Å². The molecule has 0 saturated carbocycles. The smallest absolute Gasteiger partial charge is 0.0780 e. The molecule has 0 amide bonds. The van der Waals surface area contributed by atoms with Crippen LogP contribution in [0.15, 0.2) is 42.6 Å². The Balaban J connectivity index is 2.24. The number of benzene rings is 2. The highest BCUT2D eigenvalue weighted by atomic mass is 14.7. The van der Waals surface area contributed by atoms with Gasteiger partial charge in [-0.15, -0.1) is 0 Å². The molecule has 0 aliphatic rings. The second-order valence-corrected chi connectivity index (χ2v) is 10.9. The van der Waals surface area contributed by atoms with Crippen molar-refractivity contribution in [2.24, 2.45) is 10.8 Å². The summed E-state index contributed by atoms with van der Waals surface area (Å²) in [6.45, 7) is 18.3. The van der Waals surface area contributed by atoms with Gasteiger partial charge in [-0.25, -0.2) is 0 Å². The average molecular weight is 374 g/mol. The third kappa shape index (κ3) is 5.01. The molecule has 0 radical (unpaired) electrons. The zero-order chi connectivity index (χ0) is 20.7. The minimum absolute atomic E-state index is 0.253. The molecule has 1 nitrogen and oxygen atoms in total. The minimum atomic E-state index is 0.253.